The Morgan fingerprint density at radius 1 is 1.52 bits per heavy atom. The normalized spacial score (nSPS) is 23.8. The average Bonchev–Trinajstić information content (AvgIpc) is 2.37. The second-order valence-corrected chi connectivity index (χ2v) is 6.67. The molecule has 1 saturated heterocycles. The summed E-state index contributed by atoms with van der Waals surface area (Å²) in [5.74, 6) is 0.687. The third-order valence-corrected chi connectivity index (χ3v) is 4.12. The number of rotatable bonds is 4. The summed E-state index contributed by atoms with van der Waals surface area (Å²) in [6.45, 7) is 8.60. The van der Waals surface area contributed by atoms with Gasteiger partial charge < -0.3 is 15.2 Å². The average molecular weight is 313 g/mol. The van der Waals surface area contributed by atoms with Crippen LogP contribution < -0.4 is 10.5 Å². The summed E-state index contributed by atoms with van der Waals surface area (Å²) in [7, 11) is 1.62. The maximum atomic E-state index is 6.25. The first-order valence-corrected chi connectivity index (χ1v) is 7.69. The molecule has 0 bridgehead atoms. The Balaban J connectivity index is 2.24. The van der Waals surface area contributed by atoms with Crippen LogP contribution in [0.3, 0.4) is 0 Å². The number of ether oxygens (including phenoxy) is 2. The minimum Gasteiger partial charge on any atom is -0.495 e. The second-order valence-electron chi connectivity index (χ2n) is 6.26. The molecule has 0 aromatic heterocycles. The van der Waals surface area contributed by atoms with Crippen LogP contribution in [0.15, 0.2) is 18.2 Å². The maximum Gasteiger partial charge on any atom is 0.137 e. The Hall–Kier alpha value is -0.810. The number of nitrogens with two attached hydrogens (primary N) is 1. The Bertz CT molecular complexity index is 493. The molecule has 2 N–H and O–H groups in total. The molecule has 1 aliphatic rings. The van der Waals surface area contributed by atoms with Crippen LogP contribution in [0, 0.1) is 0 Å². The van der Waals surface area contributed by atoms with Crippen molar-refractivity contribution in [2.75, 3.05) is 26.7 Å². The van der Waals surface area contributed by atoms with Gasteiger partial charge in [-0.2, -0.15) is 0 Å². The first kappa shape index (κ1) is 16.6. The quantitative estimate of drug-likeness (QED) is 0.928. The van der Waals surface area contributed by atoms with Crippen LogP contribution in [0.4, 0.5) is 0 Å². The van der Waals surface area contributed by atoms with Crippen molar-refractivity contribution in [2.24, 2.45) is 5.73 Å². The molecule has 2 rings (SSSR count). The zero-order valence-corrected chi connectivity index (χ0v) is 14.0. The van der Waals surface area contributed by atoms with Crippen LogP contribution in [0.5, 0.6) is 5.75 Å². The highest BCUT2D eigenvalue weighted by Crippen LogP contribution is 2.32. The Morgan fingerprint density at radius 2 is 2.24 bits per heavy atom. The molecule has 1 heterocycles. The molecule has 0 amide bonds. The number of hydrogen-bond donors (Lipinski definition) is 1. The van der Waals surface area contributed by atoms with Crippen molar-refractivity contribution in [3.8, 4) is 5.75 Å². The zero-order valence-electron chi connectivity index (χ0n) is 13.2. The smallest absolute Gasteiger partial charge is 0.137 e. The summed E-state index contributed by atoms with van der Waals surface area (Å²) in [6.07, 6.45) is 0.191. The van der Waals surface area contributed by atoms with Gasteiger partial charge in [0.2, 0.25) is 0 Å². The molecule has 5 heteroatoms. The molecule has 0 aliphatic carbocycles. The predicted octanol–water partition coefficient (Wildman–Crippen LogP) is 2.85. The van der Waals surface area contributed by atoms with Gasteiger partial charge in [0, 0.05) is 25.7 Å². The lowest BCUT2D eigenvalue weighted by Crippen LogP contribution is -2.53. The van der Waals surface area contributed by atoms with E-state index in [9.17, 15) is 0 Å². The molecule has 1 aliphatic heterocycles. The third-order valence-electron chi connectivity index (χ3n) is 3.82. The van der Waals surface area contributed by atoms with Gasteiger partial charge in [-0.15, -0.1) is 0 Å². The zero-order chi connectivity index (χ0) is 15.6. The minimum absolute atomic E-state index is 0.138. The largest absolute Gasteiger partial charge is 0.495 e. The number of methoxy groups -OCH3 is 1. The fourth-order valence-electron chi connectivity index (χ4n) is 3.13. The van der Waals surface area contributed by atoms with Gasteiger partial charge in [0.25, 0.3) is 0 Å². The summed E-state index contributed by atoms with van der Waals surface area (Å²) < 4.78 is 11.2. The number of halogens is 1. The number of benzene rings is 1. The maximum absolute atomic E-state index is 6.25. The molecule has 0 radical (unpaired) electrons. The molecule has 0 saturated carbocycles. The van der Waals surface area contributed by atoms with Crippen molar-refractivity contribution in [3.63, 3.8) is 0 Å². The summed E-state index contributed by atoms with van der Waals surface area (Å²) in [5, 5.41) is 0.619. The first-order valence-electron chi connectivity index (χ1n) is 7.31. The van der Waals surface area contributed by atoms with Gasteiger partial charge in [0.05, 0.1) is 23.8 Å². The van der Waals surface area contributed by atoms with Crippen molar-refractivity contribution >= 4 is 11.6 Å². The molecular weight excluding hydrogens is 288 g/mol. The standard InChI is InChI=1S/C16H25ClN2O2/c1-11-9-19(10-16(2,3)21-11)14(8-18)12-5-6-15(20-4)13(17)7-12/h5-7,11,14H,8-10,18H2,1-4H3. The molecule has 2 unspecified atom stereocenters. The Morgan fingerprint density at radius 3 is 2.76 bits per heavy atom. The summed E-state index contributed by atoms with van der Waals surface area (Å²) >= 11 is 6.25. The van der Waals surface area contributed by atoms with Gasteiger partial charge in [-0.1, -0.05) is 17.7 Å². The highest BCUT2D eigenvalue weighted by Gasteiger charge is 2.34. The van der Waals surface area contributed by atoms with Crippen molar-refractivity contribution in [2.45, 2.75) is 38.5 Å². The molecule has 1 aromatic rings. The molecule has 21 heavy (non-hydrogen) atoms. The lowest BCUT2D eigenvalue weighted by molar-refractivity contribution is -0.137. The Labute approximate surface area is 132 Å². The summed E-state index contributed by atoms with van der Waals surface area (Å²) in [5.41, 5.74) is 6.99. The summed E-state index contributed by atoms with van der Waals surface area (Å²) in [4.78, 5) is 2.38. The van der Waals surface area contributed by atoms with E-state index in [-0.39, 0.29) is 17.7 Å². The van der Waals surface area contributed by atoms with Crippen LogP contribution in [0.25, 0.3) is 0 Å². The van der Waals surface area contributed by atoms with E-state index in [1.807, 2.05) is 18.2 Å². The van der Waals surface area contributed by atoms with Crippen LogP contribution in [-0.2, 0) is 4.74 Å². The number of nitrogens with zero attached hydrogens (tertiary/aromatic N) is 1. The lowest BCUT2D eigenvalue weighted by Gasteiger charge is -2.45. The molecular formula is C16H25ClN2O2. The van der Waals surface area contributed by atoms with Gasteiger partial charge in [-0.25, -0.2) is 0 Å². The molecule has 4 nitrogen and oxygen atoms in total. The van der Waals surface area contributed by atoms with Crippen molar-refractivity contribution in [1.29, 1.82) is 0 Å². The number of hydrogen-bond acceptors (Lipinski definition) is 4. The molecule has 2 atom stereocenters. The van der Waals surface area contributed by atoms with Gasteiger partial charge >= 0.3 is 0 Å². The SMILES string of the molecule is COc1ccc(C(CN)N2CC(C)OC(C)(C)C2)cc1Cl. The van der Waals surface area contributed by atoms with Crippen molar-refractivity contribution in [3.05, 3.63) is 28.8 Å². The molecule has 118 valence electrons. The van der Waals surface area contributed by atoms with Crippen LogP contribution in [0.2, 0.25) is 5.02 Å². The van der Waals surface area contributed by atoms with Crippen LogP contribution >= 0.6 is 11.6 Å². The topological polar surface area (TPSA) is 47.7 Å². The van der Waals surface area contributed by atoms with E-state index in [0.717, 1.165) is 18.7 Å². The van der Waals surface area contributed by atoms with Crippen LogP contribution in [0.1, 0.15) is 32.4 Å². The van der Waals surface area contributed by atoms with Crippen molar-refractivity contribution < 1.29 is 9.47 Å². The van der Waals surface area contributed by atoms with E-state index < -0.39 is 0 Å². The fraction of sp³-hybridized carbons (Fsp3) is 0.625. The number of morpholine rings is 1. The first-order chi connectivity index (χ1) is 9.86. The van der Waals surface area contributed by atoms with E-state index in [4.69, 9.17) is 26.8 Å². The minimum atomic E-state index is -0.165. The molecule has 0 spiro atoms. The van der Waals surface area contributed by atoms with Gasteiger partial charge in [-0.3, -0.25) is 4.90 Å². The molecule has 1 aromatic carbocycles. The van der Waals surface area contributed by atoms with Crippen molar-refractivity contribution in [1.82, 2.24) is 4.90 Å². The van der Waals surface area contributed by atoms with E-state index in [1.165, 1.54) is 0 Å². The summed E-state index contributed by atoms with van der Waals surface area (Å²) in [6, 6.07) is 6.02. The second kappa shape index (κ2) is 6.53. The fourth-order valence-corrected chi connectivity index (χ4v) is 3.39. The highest BCUT2D eigenvalue weighted by atomic mass is 35.5. The Kier molecular flexibility index (Phi) is 5.15. The lowest BCUT2D eigenvalue weighted by atomic mass is 9.99. The van der Waals surface area contributed by atoms with Gasteiger partial charge in [0.1, 0.15) is 5.75 Å². The third kappa shape index (κ3) is 3.89. The van der Waals surface area contributed by atoms with Gasteiger partial charge in [-0.05, 0) is 38.5 Å². The predicted molar refractivity (Wildman–Crippen MR) is 86.0 cm³/mol. The monoisotopic (exact) mass is 312 g/mol. The van der Waals surface area contributed by atoms with E-state index in [1.54, 1.807) is 7.11 Å². The van der Waals surface area contributed by atoms with Crippen LogP contribution in [-0.4, -0.2) is 43.3 Å². The van der Waals surface area contributed by atoms with E-state index >= 15 is 0 Å². The van der Waals surface area contributed by atoms with E-state index in [0.29, 0.717) is 17.3 Å². The molecule has 1 fully saturated rings. The highest BCUT2D eigenvalue weighted by molar-refractivity contribution is 6.32. The van der Waals surface area contributed by atoms with E-state index in [2.05, 4.69) is 25.7 Å². The van der Waals surface area contributed by atoms with Gasteiger partial charge in [0.15, 0.2) is 0 Å².